The van der Waals surface area contributed by atoms with E-state index in [9.17, 15) is 9.59 Å². The van der Waals surface area contributed by atoms with Gasteiger partial charge in [-0.2, -0.15) is 0 Å². The molecule has 2 aromatic carbocycles. The van der Waals surface area contributed by atoms with Crippen LogP contribution in [-0.2, 0) is 16.0 Å². The van der Waals surface area contributed by atoms with Crippen LogP contribution in [0.1, 0.15) is 12.5 Å². The number of fused-ring (bicyclic) bond motifs is 1. The highest BCUT2D eigenvalue weighted by molar-refractivity contribution is 6.34. The minimum Gasteiger partial charge on any atom is -0.492 e. The number of nitrogens with one attached hydrogen (secondary N) is 2. The van der Waals surface area contributed by atoms with Crippen LogP contribution in [-0.4, -0.2) is 18.4 Å². The lowest BCUT2D eigenvalue weighted by atomic mass is 9.96. The summed E-state index contributed by atoms with van der Waals surface area (Å²) in [6.45, 7) is 1.71. The quantitative estimate of drug-likeness (QED) is 0.842. The zero-order valence-corrected chi connectivity index (χ0v) is 14.9. The van der Waals surface area contributed by atoms with Gasteiger partial charge in [0.05, 0.1) is 16.6 Å². The Balaban J connectivity index is 1.68. The highest BCUT2D eigenvalue weighted by Crippen LogP contribution is 2.31. The van der Waals surface area contributed by atoms with Crippen molar-refractivity contribution in [2.75, 3.05) is 17.2 Å². The second-order valence-corrected chi connectivity index (χ2v) is 6.67. The predicted octanol–water partition coefficient (Wildman–Crippen LogP) is 4.14. The summed E-state index contributed by atoms with van der Waals surface area (Å²) in [7, 11) is 0. The van der Waals surface area contributed by atoms with Crippen molar-refractivity contribution in [3.8, 4) is 5.75 Å². The molecule has 2 N–H and O–H groups in total. The van der Waals surface area contributed by atoms with Crippen molar-refractivity contribution in [1.82, 2.24) is 0 Å². The van der Waals surface area contributed by atoms with Crippen LogP contribution >= 0.6 is 23.2 Å². The second kappa shape index (κ2) is 7.33. The maximum absolute atomic E-state index is 12.5. The largest absolute Gasteiger partial charge is 0.492 e. The number of amides is 2. The molecule has 0 radical (unpaired) electrons. The molecule has 1 heterocycles. The number of carbonyl (C=O) groups excluding carboxylic acids is 2. The van der Waals surface area contributed by atoms with Crippen LogP contribution in [0.3, 0.4) is 0 Å². The fourth-order valence-electron chi connectivity index (χ4n) is 2.66. The van der Waals surface area contributed by atoms with Crippen molar-refractivity contribution in [2.24, 2.45) is 5.92 Å². The van der Waals surface area contributed by atoms with Crippen molar-refractivity contribution in [3.05, 3.63) is 52.0 Å². The molecule has 1 aliphatic heterocycles. The van der Waals surface area contributed by atoms with E-state index < -0.39 is 0 Å². The average molecular weight is 379 g/mol. The van der Waals surface area contributed by atoms with E-state index in [1.807, 2.05) is 12.1 Å². The van der Waals surface area contributed by atoms with Gasteiger partial charge in [-0.15, -0.1) is 0 Å². The molecule has 2 aromatic rings. The number of ether oxygens (including phenoxy) is 1. The Labute approximate surface area is 155 Å². The van der Waals surface area contributed by atoms with Crippen molar-refractivity contribution in [1.29, 1.82) is 0 Å². The molecule has 2 amide bonds. The van der Waals surface area contributed by atoms with Gasteiger partial charge in [0.25, 0.3) is 0 Å². The predicted molar refractivity (Wildman–Crippen MR) is 98.5 cm³/mol. The van der Waals surface area contributed by atoms with E-state index in [4.69, 9.17) is 27.9 Å². The fraction of sp³-hybridized carbons (Fsp3) is 0.222. The summed E-state index contributed by atoms with van der Waals surface area (Å²) in [5.41, 5.74) is 1.97. The third kappa shape index (κ3) is 4.24. The van der Waals surface area contributed by atoms with Crippen molar-refractivity contribution in [2.45, 2.75) is 13.3 Å². The molecule has 0 unspecified atom stereocenters. The highest BCUT2D eigenvalue weighted by Gasteiger charge is 2.26. The minimum absolute atomic E-state index is 0.158. The van der Waals surface area contributed by atoms with Crippen molar-refractivity contribution < 1.29 is 14.3 Å². The normalized spacial score (nSPS) is 15.7. The van der Waals surface area contributed by atoms with Gasteiger partial charge >= 0.3 is 0 Å². The van der Waals surface area contributed by atoms with Crippen molar-refractivity contribution in [3.63, 3.8) is 0 Å². The molecule has 3 rings (SSSR count). The van der Waals surface area contributed by atoms with Crippen LogP contribution in [0.4, 0.5) is 11.4 Å². The van der Waals surface area contributed by atoms with Gasteiger partial charge in [-0.1, -0.05) is 23.2 Å². The van der Waals surface area contributed by atoms with E-state index in [1.54, 1.807) is 24.3 Å². The molecule has 0 saturated heterocycles. The van der Waals surface area contributed by atoms with Gasteiger partial charge < -0.3 is 15.4 Å². The van der Waals surface area contributed by atoms with Gasteiger partial charge in [0.15, 0.2) is 0 Å². The van der Waals surface area contributed by atoms with Crippen LogP contribution in [0.25, 0.3) is 0 Å². The number of rotatable bonds is 3. The zero-order chi connectivity index (χ0) is 18.0. The molecule has 7 heteroatoms. The summed E-state index contributed by atoms with van der Waals surface area (Å²) in [5.74, 6) is 0.0697. The molecule has 1 aliphatic rings. The third-order valence-corrected chi connectivity index (χ3v) is 4.39. The Kier molecular flexibility index (Phi) is 5.16. The molecule has 1 atom stereocenters. The summed E-state index contributed by atoms with van der Waals surface area (Å²) < 4.78 is 5.64. The first-order valence-corrected chi connectivity index (χ1v) is 8.47. The molecule has 0 fully saturated rings. The van der Waals surface area contributed by atoms with Gasteiger partial charge in [0, 0.05) is 17.6 Å². The summed E-state index contributed by atoms with van der Waals surface area (Å²) in [6.07, 6.45) is 0.555. The standard InChI is InChI=1S/C18H16Cl2N2O3/c1-10(23)21-16-4-3-14(8-15(16)20)22-18(24)12-6-11-7-13(19)2-5-17(11)25-9-12/h2-5,7-8,12H,6,9H2,1H3,(H,21,23)(H,22,24)/t12-/m0/s1. The van der Waals surface area contributed by atoms with E-state index in [0.29, 0.717) is 34.4 Å². The smallest absolute Gasteiger partial charge is 0.231 e. The number of halogens is 2. The van der Waals surface area contributed by atoms with E-state index >= 15 is 0 Å². The number of hydrogen-bond acceptors (Lipinski definition) is 3. The molecule has 0 spiro atoms. The monoisotopic (exact) mass is 378 g/mol. The van der Waals surface area contributed by atoms with Crippen LogP contribution in [0.15, 0.2) is 36.4 Å². The minimum atomic E-state index is -0.320. The summed E-state index contributed by atoms with van der Waals surface area (Å²) in [6, 6.07) is 10.3. The van der Waals surface area contributed by atoms with Gasteiger partial charge in [-0.3, -0.25) is 9.59 Å². The van der Waals surface area contributed by atoms with Crippen LogP contribution in [0.5, 0.6) is 5.75 Å². The lowest BCUT2D eigenvalue weighted by molar-refractivity contribution is -0.121. The average Bonchev–Trinajstić information content (AvgIpc) is 2.56. The van der Waals surface area contributed by atoms with E-state index in [2.05, 4.69) is 10.6 Å². The molecule has 0 aliphatic carbocycles. The molecule has 5 nitrogen and oxygen atoms in total. The van der Waals surface area contributed by atoms with Crippen LogP contribution in [0, 0.1) is 5.92 Å². The Morgan fingerprint density at radius 2 is 1.92 bits per heavy atom. The van der Waals surface area contributed by atoms with Crippen molar-refractivity contribution >= 4 is 46.4 Å². The zero-order valence-electron chi connectivity index (χ0n) is 13.4. The number of carbonyl (C=O) groups is 2. The van der Waals surface area contributed by atoms with E-state index in [1.165, 1.54) is 6.92 Å². The molecule has 25 heavy (non-hydrogen) atoms. The number of anilines is 2. The third-order valence-electron chi connectivity index (χ3n) is 3.85. The SMILES string of the molecule is CC(=O)Nc1ccc(NC(=O)[C@@H]2COc3ccc(Cl)cc3C2)cc1Cl. The molecular formula is C18H16Cl2N2O3. The summed E-state index contributed by atoms with van der Waals surface area (Å²) in [4.78, 5) is 23.6. The maximum atomic E-state index is 12.5. The lowest BCUT2D eigenvalue weighted by Crippen LogP contribution is -2.32. The Hall–Kier alpha value is -2.24. The number of benzene rings is 2. The molecular weight excluding hydrogens is 363 g/mol. The first kappa shape index (κ1) is 17.6. The molecule has 0 saturated carbocycles. The highest BCUT2D eigenvalue weighted by atomic mass is 35.5. The maximum Gasteiger partial charge on any atom is 0.231 e. The fourth-order valence-corrected chi connectivity index (χ4v) is 3.08. The topological polar surface area (TPSA) is 67.4 Å². The first-order valence-electron chi connectivity index (χ1n) is 7.71. The van der Waals surface area contributed by atoms with E-state index in [-0.39, 0.29) is 17.7 Å². The molecule has 130 valence electrons. The summed E-state index contributed by atoms with van der Waals surface area (Å²) in [5, 5.41) is 6.41. The lowest BCUT2D eigenvalue weighted by Gasteiger charge is -2.24. The Morgan fingerprint density at radius 1 is 1.12 bits per heavy atom. The second-order valence-electron chi connectivity index (χ2n) is 5.83. The number of hydrogen-bond donors (Lipinski definition) is 2. The van der Waals surface area contributed by atoms with Crippen LogP contribution < -0.4 is 15.4 Å². The van der Waals surface area contributed by atoms with Gasteiger partial charge in [0.1, 0.15) is 12.4 Å². The summed E-state index contributed by atoms with van der Waals surface area (Å²) >= 11 is 12.1. The van der Waals surface area contributed by atoms with E-state index in [0.717, 1.165) is 11.3 Å². The first-order chi connectivity index (χ1) is 11.9. The Morgan fingerprint density at radius 3 is 2.64 bits per heavy atom. The molecule has 0 bridgehead atoms. The Bertz CT molecular complexity index is 839. The van der Waals surface area contributed by atoms with Gasteiger partial charge in [-0.05, 0) is 48.4 Å². The molecule has 0 aromatic heterocycles. The van der Waals surface area contributed by atoms with Gasteiger partial charge in [-0.25, -0.2) is 0 Å². The van der Waals surface area contributed by atoms with Gasteiger partial charge in [0.2, 0.25) is 11.8 Å². The van der Waals surface area contributed by atoms with Crippen LogP contribution in [0.2, 0.25) is 10.0 Å².